The van der Waals surface area contributed by atoms with Crippen LogP contribution in [-0.2, 0) is 11.3 Å². The van der Waals surface area contributed by atoms with E-state index in [-0.39, 0.29) is 11.6 Å². The van der Waals surface area contributed by atoms with Crippen molar-refractivity contribution in [2.75, 3.05) is 10.6 Å². The normalized spacial score (nSPS) is 10.3. The van der Waals surface area contributed by atoms with Gasteiger partial charge in [-0.05, 0) is 67.8 Å². The average molecular weight is 416 g/mol. The number of amides is 1. The van der Waals surface area contributed by atoms with E-state index in [1.54, 1.807) is 12.1 Å². The van der Waals surface area contributed by atoms with Gasteiger partial charge in [-0.15, -0.1) is 0 Å². The number of carbonyl (C=O) groups is 1. The van der Waals surface area contributed by atoms with Gasteiger partial charge in [0.2, 0.25) is 5.91 Å². The van der Waals surface area contributed by atoms with Gasteiger partial charge < -0.3 is 10.6 Å². The second kappa shape index (κ2) is 7.04. The fourth-order valence-corrected chi connectivity index (χ4v) is 2.45. The van der Waals surface area contributed by atoms with E-state index < -0.39 is 5.82 Å². The van der Waals surface area contributed by atoms with Gasteiger partial charge >= 0.3 is 0 Å². The molecule has 110 valence electrons. The van der Waals surface area contributed by atoms with E-state index in [1.165, 1.54) is 13.0 Å². The molecule has 0 aromatic heterocycles. The molecule has 0 heterocycles. The number of halogens is 3. The van der Waals surface area contributed by atoms with Crippen molar-refractivity contribution in [2.45, 2.75) is 13.5 Å². The first-order valence-corrected chi connectivity index (χ1v) is 7.79. The fourth-order valence-electron chi connectivity index (χ4n) is 1.77. The third kappa shape index (κ3) is 4.54. The summed E-state index contributed by atoms with van der Waals surface area (Å²) < 4.78 is 15.5. The molecule has 1 amide bonds. The molecule has 2 aromatic carbocycles. The summed E-state index contributed by atoms with van der Waals surface area (Å²) in [6, 6.07) is 10.5. The largest absolute Gasteiger partial charge is 0.381 e. The van der Waals surface area contributed by atoms with E-state index in [1.807, 2.05) is 18.2 Å². The highest BCUT2D eigenvalue weighted by Crippen LogP contribution is 2.25. The van der Waals surface area contributed by atoms with E-state index in [2.05, 4.69) is 42.5 Å². The molecule has 0 spiro atoms. The minimum absolute atomic E-state index is 0.171. The third-order valence-electron chi connectivity index (χ3n) is 2.76. The van der Waals surface area contributed by atoms with Crippen LogP contribution in [0, 0.1) is 5.82 Å². The van der Waals surface area contributed by atoms with Crippen molar-refractivity contribution in [3.8, 4) is 0 Å². The predicted molar refractivity (Wildman–Crippen MR) is 89.9 cm³/mol. The van der Waals surface area contributed by atoms with Gasteiger partial charge in [-0.3, -0.25) is 4.79 Å². The Morgan fingerprint density at radius 1 is 1.14 bits per heavy atom. The highest BCUT2D eigenvalue weighted by molar-refractivity contribution is 9.13. The summed E-state index contributed by atoms with van der Waals surface area (Å²) >= 11 is 6.87. The van der Waals surface area contributed by atoms with Crippen molar-refractivity contribution in [3.05, 3.63) is 56.7 Å². The molecule has 6 heteroatoms. The summed E-state index contributed by atoms with van der Waals surface area (Å²) in [5.41, 5.74) is 1.99. The topological polar surface area (TPSA) is 41.1 Å². The molecular formula is C15H13Br2FN2O. The number of anilines is 2. The third-order valence-corrected chi connectivity index (χ3v) is 4.64. The van der Waals surface area contributed by atoms with Crippen LogP contribution < -0.4 is 10.6 Å². The minimum atomic E-state index is -0.456. The summed E-state index contributed by atoms with van der Waals surface area (Å²) in [4.78, 5) is 11.0. The number of benzene rings is 2. The fraction of sp³-hybridized carbons (Fsp3) is 0.133. The molecule has 0 radical (unpaired) electrons. The zero-order valence-corrected chi connectivity index (χ0v) is 14.4. The maximum atomic E-state index is 13.5. The Kier molecular flexibility index (Phi) is 5.36. The number of carbonyl (C=O) groups excluding carboxylic acids is 1. The highest BCUT2D eigenvalue weighted by atomic mass is 79.9. The molecule has 0 saturated carbocycles. The molecule has 0 fully saturated rings. The summed E-state index contributed by atoms with van der Waals surface area (Å²) in [7, 11) is 0. The van der Waals surface area contributed by atoms with Gasteiger partial charge in [0.25, 0.3) is 0 Å². The van der Waals surface area contributed by atoms with Crippen molar-refractivity contribution >= 4 is 49.1 Å². The highest BCUT2D eigenvalue weighted by Gasteiger charge is 2.05. The second-order valence-electron chi connectivity index (χ2n) is 4.48. The Bertz CT molecular complexity index is 677. The van der Waals surface area contributed by atoms with E-state index in [4.69, 9.17) is 0 Å². The van der Waals surface area contributed by atoms with Gasteiger partial charge in [-0.25, -0.2) is 4.39 Å². The summed E-state index contributed by atoms with van der Waals surface area (Å²) in [6.45, 7) is 1.94. The van der Waals surface area contributed by atoms with Crippen LogP contribution in [0.5, 0.6) is 0 Å². The van der Waals surface area contributed by atoms with Crippen LogP contribution in [0.3, 0.4) is 0 Å². The first kappa shape index (κ1) is 16.0. The van der Waals surface area contributed by atoms with E-state index in [9.17, 15) is 9.18 Å². The smallest absolute Gasteiger partial charge is 0.221 e. The summed E-state index contributed by atoms with van der Waals surface area (Å²) in [6.07, 6.45) is 0. The van der Waals surface area contributed by atoms with Crippen LogP contribution in [0.2, 0.25) is 0 Å². The SMILES string of the molecule is CC(=O)Nc1cc(NCc2ccc(Br)c(Br)c2)ccc1F. The van der Waals surface area contributed by atoms with Crippen molar-refractivity contribution in [1.82, 2.24) is 0 Å². The average Bonchev–Trinajstić information content (AvgIpc) is 2.43. The molecule has 0 aliphatic carbocycles. The lowest BCUT2D eigenvalue weighted by molar-refractivity contribution is -0.114. The lowest BCUT2D eigenvalue weighted by atomic mass is 10.2. The van der Waals surface area contributed by atoms with Crippen LogP contribution in [0.4, 0.5) is 15.8 Å². The monoisotopic (exact) mass is 414 g/mol. The molecule has 2 N–H and O–H groups in total. The molecule has 0 aliphatic heterocycles. The van der Waals surface area contributed by atoms with Crippen molar-refractivity contribution in [1.29, 1.82) is 0 Å². The number of rotatable bonds is 4. The quantitative estimate of drug-likeness (QED) is 0.743. The molecule has 0 atom stereocenters. The zero-order valence-electron chi connectivity index (χ0n) is 11.2. The van der Waals surface area contributed by atoms with E-state index in [0.29, 0.717) is 6.54 Å². The number of nitrogens with one attached hydrogen (secondary N) is 2. The molecule has 3 nitrogen and oxygen atoms in total. The standard InChI is InChI=1S/C15H13Br2FN2O/c1-9(21)20-15-7-11(3-5-14(15)18)19-8-10-2-4-12(16)13(17)6-10/h2-7,19H,8H2,1H3,(H,20,21). The zero-order chi connectivity index (χ0) is 15.4. The summed E-state index contributed by atoms with van der Waals surface area (Å²) in [5.74, 6) is -0.759. The Labute approximate surface area is 139 Å². The first-order valence-electron chi connectivity index (χ1n) is 6.20. The van der Waals surface area contributed by atoms with Gasteiger partial charge in [-0.2, -0.15) is 0 Å². The molecule has 0 saturated heterocycles. The molecule has 0 aliphatic rings. The van der Waals surface area contributed by atoms with Crippen LogP contribution in [0.25, 0.3) is 0 Å². The number of hydrogen-bond acceptors (Lipinski definition) is 2. The molecular weight excluding hydrogens is 403 g/mol. The second-order valence-corrected chi connectivity index (χ2v) is 6.19. The van der Waals surface area contributed by atoms with Crippen LogP contribution in [-0.4, -0.2) is 5.91 Å². The molecule has 21 heavy (non-hydrogen) atoms. The Morgan fingerprint density at radius 2 is 1.90 bits per heavy atom. The lowest BCUT2D eigenvalue weighted by Crippen LogP contribution is -2.08. The van der Waals surface area contributed by atoms with Crippen LogP contribution >= 0.6 is 31.9 Å². The van der Waals surface area contributed by atoms with Gasteiger partial charge in [0.05, 0.1) is 5.69 Å². The van der Waals surface area contributed by atoms with E-state index in [0.717, 1.165) is 20.2 Å². The maximum Gasteiger partial charge on any atom is 0.221 e. The number of hydrogen-bond donors (Lipinski definition) is 2. The Morgan fingerprint density at radius 3 is 2.57 bits per heavy atom. The molecule has 2 aromatic rings. The van der Waals surface area contributed by atoms with Gasteiger partial charge in [0, 0.05) is 28.1 Å². The van der Waals surface area contributed by atoms with Crippen molar-refractivity contribution in [2.24, 2.45) is 0 Å². The van der Waals surface area contributed by atoms with Gasteiger partial charge in [-0.1, -0.05) is 6.07 Å². The van der Waals surface area contributed by atoms with Gasteiger partial charge in [0.1, 0.15) is 5.82 Å². The van der Waals surface area contributed by atoms with Crippen LogP contribution in [0.15, 0.2) is 45.3 Å². The van der Waals surface area contributed by atoms with E-state index >= 15 is 0 Å². The van der Waals surface area contributed by atoms with Crippen molar-refractivity contribution < 1.29 is 9.18 Å². The summed E-state index contributed by atoms with van der Waals surface area (Å²) in [5, 5.41) is 5.65. The minimum Gasteiger partial charge on any atom is -0.381 e. The first-order chi connectivity index (χ1) is 9.95. The molecule has 0 bridgehead atoms. The predicted octanol–water partition coefficient (Wildman–Crippen LogP) is 4.92. The Hall–Kier alpha value is -1.40. The van der Waals surface area contributed by atoms with Crippen LogP contribution in [0.1, 0.15) is 12.5 Å². The molecule has 0 unspecified atom stereocenters. The van der Waals surface area contributed by atoms with Gasteiger partial charge in [0.15, 0.2) is 0 Å². The lowest BCUT2D eigenvalue weighted by Gasteiger charge is -2.10. The Balaban J connectivity index is 2.09. The maximum absolute atomic E-state index is 13.5. The molecule has 2 rings (SSSR count). The van der Waals surface area contributed by atoms with Crippen molar-refractivity contribution in [3.63, 3.8) is 0 Å².